The highest BCUT2D eigenvalue weighted by molar-refractivity contribution is 14.1. The maximum Gasteiger partial charge on any atom is 0.406 e. The lowest BCUT2D eigenvalue weighted by atomic mass is 10.2. The zero-order valence-electron chi connectivity index (χ0n) is 8.68. The first-order valence-corrected chi connectivity index (χ1v) is 5.93. The first-order valence-electron chi connectivity index (χ1n) is 4.48. The topological polar surface area (TPSA) is 20.3 Å². The molecule has 1 aromatic rings. The molecule has 0 aromatic heterocycles. The molecule has 0 heterocycles. The van der Waals surface area contributed by atoms with Gasteiger partial charge in [0.2, 0.25) is 0 Å². The fourth-order valence-electron chi connectivity index (χ4n) is 1.19. The van der Waals surface area contributed by atoms with Gasteiger partial charge in [0, 0.05) is 16.2 Å². The molecule has 0 saturated heterocycles. The van der Waals surface area contributed by atoms with E-state index < -0.39 is 18.6 Å². The van der Waals surface area contributed by atoms with Gasteiger partial charge in [-0.15, -0.1) is 0 Å². The van der Waals surface area contributed by atoms with Crippen LogP contribution >= 0.6 is 34.2 Å². The van der Waals surface area contributed by atoms with Gasteiger partial charge < -0.3 is 4.90 Å². The van der Waals surface area contributed by atoms with Gasteiger partial charge in [-0.05, 0) is 40.8 Å². The van der Waals surface area contributed by atoms with Gasteiger partial charge in [-0.1, -0.05) is 11.6 Å². The van der Waals surface area contributed by atoms with Gasteiger partial charge in [-0.2, -0.15) is 13.2 Å². The largest absolute Gasteiger partial charge is 0.406 e. The van der Waals surface area contributed by atoms with Crippen LogP contribution in [0.5, 0.6) is 0 Å². The average molecular weight is 378 g/mol. The van der Waals surface area contributed by atoms with E-state index in [0.717, 1.165) is 10.6 Å². The molecule has 7 heteroatoms. The van der Waals surface area contributed by atoms with Gasteiger partial charge in [0.1, 0.15) is 6.54 Å². The van der Waals surface area contributed by atoms with Crippen LogP contribution in [-0.2, 0) is 0 Å². The quantitative estimate of drug-likeness (QED) is 0.722. The summed E-state index contributed by atoms with van der Waals surface area (Å²) >= 11 is 7.76. The van der Waals surface area contributed by atoms with Crippen molar-refractivity contribution in [2.75, 3.05) is 13.6 Å². The fourth-order valence-corrected chi connectivity index (χ4v) is 1.71. The van der Waals surface area contributed by atoms with Gasteiger partial charge in [0.15, 0.2) is 0 Å². The smallest absolute Gasteiger partial charge is 0.333 e. The molecule has 17 heavy (non-hydrogen) atoms. The third-order valence-corrected chi connectivity index (χ3v) is 3.50. The molecule has 0 N–H and O–H groups in total. The predicted octanol–water partition coefficient (Wildman–Crippen LogP) is 3.58. The number of rotatable bonds is 2. The van der Waals surface area contributed by atoms with Crippen molar-refractivity contribution in [1.29, 1.82) is 0 Å². The number of hydrogen-bond donors (Lipinski definition) is 0. The summed E-state index contributed by atoms with van der Waals surface area (Å²) in [5.74, 6) is -0.708. The molecule has 1 rings (SSSR count). The molecule has 0 aliphatic heterocycles. The second kappa shape index (κ2) is 5.43. The average Bonchev–Trinajstić information content (AvgIpc) is 2.18. The molecule has 1 amide bonds. The third-order valence-electron chi connectivity index (χ3n) is 1.93. The van der Waals surface area contributed by atoms with Crippen molar-refractivity contribution in [2.45, 2.75) is 6.18 Å². The van der Waals surface area contributed by atoms with Crippen molar-refractivity contribution in [3.05, 3.63) is 32.4 Å². The number of carbonyl (C=O) groups is 1. The Hall–Kier alpha value is -0.500. The molecule has 0 radical (unpaired) electrons. The Labute approximate surface area is 115 Å². The third kappa shape index (κ3) is 4.34. The van der Waals surface area contributed by atoms with E-state index in [1.165, 1.54) is 12.1 Å². The second-order valence-corrected chi connectivity index (χ2v) is 4.97. The van der Waals surface area contributed by atoms with Crippen LogP contribution in [0.3, 0.4) is 0 Å². The van der Waals surface area contributed by atoms with E-state index in [2.05, 4.69) is 0 Å². The van der Waals surface area contributed by atoms with Crippen LogP contribution in [0, 0.1) is 3.57 Å². The number of nitrogens with zero attached hydrogens (tertiary/aromatic N) is 1. The minimum atomic E-state index is -4.41. The highest BCUT2D eigenvalue weighted by Crippen LogP contribution is 2.21. The highest BCUT2D eigenvalue weighted by atomic mass is 127. The molecule has 94 valence electrons. The normalized spacial score (nSPS) is 11.4. The number of benzene rings is 1. The van der Waals surface area contributed by atoms with E-state index >= 15 is 0 Å². The molecular weight excluding hydrogens is 369 g/mol. The number of alkyl halides is 3. The van der Waals surface area contributed by atoms with Crippen LogP contribution in [-0.4, -0.2) is 30.6 Å². The lowest BCUT2D eigenvalue weighted by Crippen LogP contribution is -2.35. The zero-order chi connectivity index (χ0) is 13.2. The Kier molecular flexibility index (Phi) is 4.65. The lowest BCUT2D eigenvalue weighted by Gasteiger charge is -2.19. The lowest BCUT2D eigenvalue weighted by molar-refractivity contribution is -0.138. The molecule has 1 aromatic carbocycles. The number of amides is 1. The van der Waals surface area contributed by atoms with Gasteiger partial charge in [0.05, 0.1) is 5.02 Å². The fraction of sp³-hybridized carbons (Fsp3) is 0.300. The summed E-state index contributed by atoms with van der Waals surface area (Å²) in [6.07, 6.45) is -4.41. The minimum Gasteiger partial charge on any atom is -0.333 e. The van der Waals surface area contributed by atoms with Crippen molar-refractivity contribution >= 4 is 40.1 Å². The van der Waals surface area contributed by atoms with E-state index in [4.69, 9.17) is 11.6 Å². The summed E-state index contributed by atoms with van der Waals surface area (Å²) in [6, 6.07) is 4.39. The molecule has 0 aliphatic carbocycles. The van der Waals surface area contributed by atoms with E-state index in [1.807, 2.05) is 22.6 Å². The Morgan fingerprint density at radius 2 is 2.06 bits per heavy atom. The van der Waals surface area contributed by atoms with Crippen molar-refractivity contribution in [3.63, 3.8) is 0 Å². The van der Waals surface area contributed by atoms with Crippen LogP contribution in [0.2, 0.25) is 5.02 Å². The first kappa shape index (κ1) is 14.6. The summed E-state index contributed by atoms with van der Waals surface area (Å²) < 4.78 is 37.0. The summed E-state index contributed by atoms with van der Waals surface area (Å²) in [5.41, 5.74) is 0.141. The SMILES string of the molecule is CN(CC(F)(F)F)C(=O)c1ccc(I)c(Cl)c1. The Morgan fingerprint density at radius 3 is 2.53 bits per heavy atom. The van der Waals surface area contributed by atoms with E-state index in [1.54, 1.807) is 6.07 Å². The molecule has 0 aliphatic rings. The van der Waals surface area contributed by atoms with E-state index in [-0.39, 0.29) is 5.56 Å². The maximum atomic E-state index is 12.1. The molecule has 0 bridgehead atoms. The molecule has 0 fully saturated rings. The van der Waals surface area contributed by atoms with Crippen LogP contribution in [0.1, 0.15) is 10.4 Å². The number of halogens is 5. The van der Waals surface area contributed by atoms with Gasteiger partial charge in [0.25, 0.3) is 5.91 Å². The van der Waals surface area contributed by atoms with Crippen molar-refractivity contribution in [2.24, 2.45) is 0 Å². The monoisotopic (exact) mass is 377 g/mol. The van der Waals surface area contributed by atoms with E-state index in [0.29, 0.717) is 9.92 Å². The summed E-state index contributed by atoms with van der Waals surface area (Å²) in [5, 5.41) is 0.344. The predicted molar refractivity (Wildman–Crippen MR) is 67.2 cm³/mol. The standard InChI is InChI=1S/C10H8ClF3INO/c1-16(5-10(12,13)14)9(17)6-2-3-8(15)7(11)4-6/h2-4H,5H2,1H3. The van der Waals surface area contributed by atoms with Gasteiger partial charge in [-0.3, -0.25) is 4.79 Å². The molecular formula is C10H8ClF3INO. The molecule has 2 nitrogen and oxygen atoms in total. The van der Waals surface area contributed by atoms with Crippen molar-refractivity contribution in [1.82, 2.24) is 4.90 Å². The molecule has 0 unspecified atom stereocenters. The van der Waals surface area contributed by atoms with Crippen molar-refractivity contribution < 1.29 is 18.0 Å². The summed E-state index contributed by atoms with van der Waals surface area (Å²) in [6.45, 7) is -1.28. The summed E-state index contributed by atoms with van der Waals surface area (Å²) in [4.78, 5) is 12.3. The van der Waals surface area contributed by atoms with Gasteiger partial charge >= 0.3 is 6.18 Å². The number of hydrogen-bond acceptors (Lipinski definition) is 1. The maximum absolute atomic E-state index is 12.1. The Balaban J connectivity index is 2.85. The highest BCUT2D eigenvalue weighted by Gasteiger charge is 2.31. The minimum absolute atomic E-state index is 0.141. The van der Waals surface area contributed by atoms with Crippen molar-refractivity contribution in [3.8, 4) is 0 Å². The Bertz CT molecular complexity index is 436. The van der Waals surface area contributed by atoms with Crippen LogP contribution < -0.4 is 0 Å². The molecule has 0 saturated carbocycles. The summed E-state index contributed by atoms with van der Waals surface area (Å²) in [7, 11) is 1.10. The zero-order valence-corrected chi connectivity index (χ0v) is 11.6. The van der Waals surface area contributed by atoms with Crippen LogP contribution in [0.15, 0.2) is 18.2 Å². The molecule has 0 atom stereocenters. The molecule has 0 spiro atoms. The Morgan fingerprint density at radius 1 is 1.47 bits per heavy atom. The first-order chi connectivity index (χ1) is 7.70. The van der Waals surface area contributed by atoms with Gasteiger partial charge in [-0.25, -0.2) is 0 Å². The number of carbonyl (C=O) groups excluding carboxylic acids is 1. The second-order valence-electron chi connectivity index (χ2n) is 3.41. The van der Waals surface area contributed by atoms with Crippen LogP contribution in [0.25, 0.3) is 0 Å². The van der Waals surface area contributed by atoms with E-state index in [9.17, 15) is 18.0 Å². The van der Waals surface area contributed by atoms with Crippen LogP contribution in [0.4, 0.5) is 13.2 Å².